The molecule has 7 atom stereocenters. The number of carbonyl (C=O) groups is 1. The Bertz CT molecular complexity index is 1110. The molecule has 0 saturated carbocycles. The maximum absolute atomic E-state index is 12.9. The second-order valence-electron chi connectivity index (χ2n) is 17.9. The van der Waals surface area contributed by atoms with Crippen molar-refractivity contribution in [3.63, 3.8) is 0 Å². The van der Waals surface area contributed by atoms with Gasteiger partial charge in [-0.1, -0.05) is 217 Å². The van der Waals surface area contributed by atoms with E-state index in [9.17, 15) is 30.3 Å². The van der Waals surface area contributed by atoms with Crippen molar-refractivity contribution in [3.8, 4) is 0 Å². The number of aliphatic hydroxyl groups excluding tert-OH is 5. The van der Waals surface area contributed by atoms with Gasteiger partial charge in [0.1, 0.15) is 24.4 Å². The van der Waals surface area contributed by atoms with Crippen LogP contribution >= 0.6 is 0 Å². The van der Waals surface area contributed by atoms with Crippen molar-refractivity contribution < 1.29 is 39.8 Å². The molecule has 1 heterocycles. The van der Waals surface area contributed by atoms with Crippen LogP contribution < -0.4 is 5.32 Å². The molecule has 0 radical (unpaired) electrons. The zero-order chi connectivity index (χ0) is 45.1. The first-order chi connectivity index (χ1) is 30.3. The van der Waals surface area contributed by atoms with Crippen LogP contribution in [0, 0.1) is 0 Å². The topological polar surface area (TPSA) is 149 Å². The van der Waals surface area contributed by atoms with Crippen molar-refractivity contribution in [3.05, 3.63) is 48.6 Å². The number of ether oxygens (including phenoxy) is 2. The molecule has 1 fully saturated rings. The molecule has 362 valence electrons. The van der Waals surface area contributed by atoms with Gasteiger partial charge in [0.15, 0.2) is 6.29 Å². The van der Waals surface area contributed by atoms with Gasteiger partial charge in [0, 0.05) is 6.42 Å². The highest BCUT2D eigenvalue weighted by atomic mass is 16.7. The highest BCUT2D eigenvalue weighted by molar-refractivity contribution is 5.76. The van der Waals surface area contributed by atoms with Crippen LogP contribution in [0.25, 0.3) is 0 Å². The van der Waals surface area contributed by atoms with Gasteiger partial charge in [-0.25, -0.2) is 0 Å². The molecule has 7 unspecified atom stereocenters. The first kappa shape index (κ1) is 58.2. The van der Waals surface area contributed by atoms with Gasteiger partial charge in [-0.15, -0.1) is 0 Å². The monoisotopic (exact) mass is 876 g/mol. The average molecular weight is 876 g/mol. The Labute approximate surface area is 380 Å². The lowest BCUT2D eigenvalue weighted by Crippen LogP contribution is -2.60. The molecule has 9 nitrogen and oxygen atoms in total. The summed E-state index contributed by atoms with van der Waals surface area (Å²) in [5, 5.41) is 53.8. The molecule has 1 rings (SSSR count). The van der Waals surface area contributed by atoms with Crippen LogP contribution in [0.2, 0.25) is 0 Å². The van der Waals surface area contributed by atoms with E-state index in [1.54, 1.807) is 0 Å². The quantitative estimate of drug-likeness (QED) is 0.0262. The highest BCUT2D eigenvalue weighted by Crippen LogP contribution is 2.23. The smallest absolute Gasteiger partial charge is 0.220 e. The van der Waals surface area contributed by atoms with Gasteiger partial charge in [0.25, 0.3) is 0 Å². The molecule has 0 bridgehead atoms. The summed E-state index contributed by atoms with van der Waals surface area (Å²) in [6.07, 6.45) is 49.5. The number of amides is 1. The number of aliphatic hydroxyl groups is 5. The predicted octanol–water partition coefficient (Wildman–Crippen LogP) is 11.8. The van der Waals surface area contributed by atoms with Crippen LogP contribution in [-0.2, 0) is 14.3 Å². The molecule has 1 amide bonds. The number of allylic oxidation sites excluding steroid dienone is 8. The average Bonchev–Trinajstić information content (AvgIpc) is 3.27. The summed E-state index contributed by atoms with van der Waals surface area (Å²) in [5.41, 5.74) is 0. The summed E-state index contributed by atoms with van der Waals surface area (Å²) in [6.45, 7) is 3.60. The first-order valence-corrected chi connectivity index (χ1v) is 25.8. The van der Waals surface area contributed by atoms with E-state index in [0.717, 1.165) is 70.6 Å². The van der Waals surface area contributed by atoms with Crippen LogP contribution in [0.4, 0.5) is 0 Å². The van der Waals surface area contributed by atoms with Crippen LogP contribution in [0.3, 0.4) is 0 Å². The van der Waals surface area contributed by atoms with Gasteiger partial charge in [-0.2, -0.15) is 0 Å². The summed E-state index contributed by atoms with van der Waals surface area (Å²) in [5.74, 6) is -0.151. The molecule has 62 heavy (non-hydrogen) atoms. The van der Waals surface area contributed by atoms with Crippen LogP contribution in [0.15, 0.2) is 48.6 Å². The van der Waals surface area contributed by atoms with E-state index in [1.807, 2.05) is 0 Å². The number of hydrogen-bond acceptors (Lipinski definition) is 8. The maximum atomic E-state index is 12.9. The third-order valence-corrected chi connectivity index (χ3v) is 12.2. The second kappa shape index (κ2) is 43.1. The highest BCUT2D eigenvalue weighted by Gasteiger charge is 2.44. The Kier molecular flexibility index (Phi) is 40.4. The molecule has 6 N–H and O–H groups in total. The van der Waals surface area contributed by atoms with E-state index in [0.29, 0.717) is 12.8 Å². The van der Waals surface area contributed by atoms with E-state index in [4.69, 9.17) is 9.47 Å². The lowest BCUT2D eigenvalue weighted by atomic mass is 9.99. The van der Waals surface area contributed by atoms with Crippen LogP contribution in [-0.4, -0.2) is 87.5 Å². The number of rotatable bonds is 43. The van der Waals surface area contributed by atoms with Crippen molar-refractivity contribution in [1.82, 2.24) is 5.32 Å². The molecule has 0 aromatic heterocycles. The summed E-state index contributed by atoms with van der Waals surface area (Å²) >= 11 is 0. The zero-order valence-corrected chi connectivity index (χ0v) is 39.9. The number of nitrogens with one attached hydrogen (secondary N) is 1. The summed E-state index contributed by atoms with van der Waals surface area (Å²) < 4.78 is 11.1. The molecular weight excluding hydrogens is 779 g/mol. The van der Waals surface area contributed by atoms with Crippen molar-refractivity contribution in [1.29, 1.82) is 0 Å². The molecule has 9 heteroatoms. The minimum Gasteiger partial charge on any atom is -0.394 e. The van der Waals surface area contributed by atoms with Crippen molar-refractivity contribution >= 4 is 5.91 Å². The van der Waals surface area contributed by atoms with Gasteiger partial charge in [0.05, 0.1) is 25.4 Å². The molecule has 1 aliphatic heterocycles. The molecule has 0 aliphatic carbocycles. The Morgan fingerprint density at radius 2 is 1.00 bits per heavy atom. The summed E-state index contributed by atoms with van der Waals surface area (Å²) in [4.78, 5) is 12.9. The Morgan fingerprint density at radius 3 is 1.47 bits per heavy atom. The number of hydrogen-bond donors (Lipinski definition) is 6. The number of unbranched alkanes of at least 4 members (excludes halogenated alkanes) is 25. The van der Waals surface area contributed by atoms with Gasteiger partial charge in [-0.05, 0) is 51.4 Å². The largest absolute Gasteiger partial charge is 0.394 e. The van der Waals surface area contributed by atoms with E-state index >= 15 is 0 Å². The van der Waals surface area contributed by atoms with E-state index in [1.165, 1.54) is 128 Å². The van der Waals surface area contributed by atoms with Crippen molar-refractivity contribution in [2.24, 2.45) is 0 Å². The standard InChI is InChI=1S/C53H97NO8/c1-3-5-7-9-10-11-12-13-14-15-16-17-18-19-20-21-22-23-24-25-26-27-28-29-30-31-32-33-34-35-36-37-38-39-41-43-49(57)54-46(47(56)42-40-8-6-4-2)45-61-53-52(60)51(59)50(58)48(44-55)62-53/h5,7,10-11,13-14,16-17,46-48,50-53,55-56,58-60H,3-4,6,8-9,12,15,18-45H2,1-2H3,(H,54,57)/b7-5-,11-10-,14-13-,17-16-. The molecule has 0 aromatic carbocycles. The van der Waals surface area contributed by atoms with Gasteiger partial charge < -0.3 is 40.3 Å². The van der Waals surface area contributed by atoms with Crippen molar-refractivity contribution in [2.75, 3.05) is 13.2 Å². The molecule has 1 aliphatic rings. The fourth-order valence-corrected chi connectivity index (χ4v) is 8.09. The van der Waals surface area contributed by atoms with Crippen molar-refractivity contribution in [2.45, 2.75) is 269 Å². The van der Waals surface area contributed by atoms with E-state index in [2.05, 4.69) is 67.8 Å². The summed E-state index contributed by atoms with van der Waals surface area (Å²) in [7, 11) is 0. The molecule has 0 aromatic rings. The number of carbonyl (C=O) groups excluding carboxylic acids is 1. The van der Waals surface area contributed by atoms with Gasteiger partial charge in [0.2, 0.25) is 5.91 Å². The van der Waals surface area contributed by atoms with Crippen LogP contribution in [0.1, 0.15) is 226 Å². The molecule has 1 saturated heterocycles. The lowest BCUT2D eigenvalue weighted by molar-refractivity contribution is -0.302. The SMILES string of the molecule is CC/C=C\C/C=C\C/C=C\C/C=C\CCCCCCCCCCCCCCCCCCCCCCCCC(=O)NC(COC1OC(CO)C(O)C(O)C1O)C(O)CCCCCC. The fraction of sp³-hybridized carbons (Fsp3) is 0.830. The normalized spacial score (nSPS) is 20.7. The first-order valence-electron chi connectivity index (χ1n) is 25.8. The van der Waals surface area contributed by atoms with Gasteiger partial charge >= 0.3 is 0 Å². The molecule has 0 spiro atoms. The Hall–Kier alpha value is -1.85. The van der Waals surface area contributed by atoms with Crippen LogP contribution in [0.5, 0.6) is 0 Å². The predicted molar refractivity (Wildman–Crippen MR) is 258 cm³/mol. The molecular formula is C53H97NO8. The summed E-state index contributed by atoms with van der Waals surface area (Å²) in [6, 6.07) is -0.713. The van der Waals surface area contributed by atoms with E-state index in [-0.39, 0.29) is 12.5 Å². The third-order valence-electron chi connectivity index (χ3n) is 12.2. The zero-order valence-electron chi connectivity index (χ0n) is 39.9. The Morgan fingerprint density at radius 1 is 0.565 bits per heavy atom. The lowest BCUT2D eigenvalue weighted by Gasteiger charge is -2.40. The second-order valence-corrected chi connectivity index (χ2v) is 17.9. The fourth-order valence-electron chi connectivity index (χ4n) is 8.09. The minimum absolute atomic E-state index is 0.139. The van der Waals surface area contributed by atoms with Gasteiger partial charge in [-0.3, -0.25) is 4.79 Å². The van der Waals surface area contributed by atoms with E-state index < -0.39 is 49.5 Å². The maximum Gasteiger partial charge on any atom is 0.220 e. The third kappa shape index (κ3) is 32.8. The minimum atomic E-state index is -1.55. The Balaban J connectivity index is 1.96.